The second-order valence-corrected chi connectivity index (χ2v) is 7.76. The van der Waals surface area contributed by atoms with Crippen LogP contribution in [0, 0.1) is 6.92 Å². The van der Waals surface area contributed by atoms with Crippen LogP contribution in [-0.2, 0) is 6.42 Å². The lowest BCUT2D eigenvalue weighted by molar-refractivity contribution is 0.0694. The van der Waals surface area contributed by atoms with Crippen molar-refractivity contribution in [2.75, 3.05) is 0 Å². The highest BCUT2D eigenvalue weighted by Gasteiger charge is 2.13. The molecule has 4 aromatic rings. The summed E-state index contributed by atoms with van der Waals surface area (Å²) < 4.78 is 0. The van der Waals surface area contributed by atoms with E-state index >= 15 is 0 Å². The summed E-state index contributed by atoms with van der Waals surface area (Å²) >= 11 is 1.66. The zero-order valence-electron chi connectivity index (χ0n) is 15.7. The fraction of sp³-hybridized carbons (Fsp3) is 0.0870. The van der Waals surface area contributed by atoms with Gasteiger partial charge in [0.15, 0.2) is 0 Å². The quantitative estimate of drug-likeness (QED) is 0.481. The van der Waals surface area contributed by atoms with Crippen LogP contribution in [0.1, 0.15) is 26.6 Å². The Morgan fingerprint density at radius 1 is 1.00 bits per heavy atom. The molecule has 144 valence electrons. The molecule has 0 bridgehead atoms. The molecular formula is C23H18N2O3S. The standard InChI is InChI=1S/C23H18N2O3S/c1-14-22(29-21(25-14)11-15-7-9-24-10-8-15)18-4-2-3-16(12-18)17-5-6-19(23(27)28)20(26)13-17/h2-10,12-13,26H,11H2,1H3,(H,27,28). The van der Waals surface area contributed by atoms with Crippen molar-refractivity contribution in [2.24, 2.45) is 0 Å². The van der Waals surface area contributed by atoms with Gasteiger partial charge in [-0.2, -0.15) is 0 Å². The molecule has 0 saturated carbocycles. The zero-order chi connectivity index (χ0) is 20.4. The van der Waals surface area contributed by atoms with E-state index in [9.17, 15) is 9.90 Å². The van der Waals surface area contributed by atoms with Gasteiger partial charge in [-0.3, -0.25) is 4.98 Å². The lowest BCUT2D eigenvalue weighted by atomic mass is 10.0. The number of carboxylic acids is 1. The van der Waals surface area contributed by atoms with Crippen LogP contribution in [0.3, 0.4) is 0 Å². The molecule has 4 rings (SSSR count). The molecule has 2 heterocycles. The average molecular weight is 402 g/mol. The van der Waals surface area contributed by atoms with Gasteiger partial charge in [-0.25, -0.2) is 9.78 Å². The fourth-order valence-electron chi connectivity index (χ4n) is 3.20. The van der Waals surface area contributed by atoms with Crippen LogP contribution in [0.5, 0.6) is 5.75 Å². The minimum Gasteiger partial charge on any atom is -0.507 e. The van der Waals surface area contributed by atoms with Crippen molar-refractivity contribution >= 4 is 17.3 Å². The number of phenols is 1. The zero-order valence-corrected chi connectivity index (χ0v) is 16.5. The molecule has 0 aliphatic carbocycles. The Kier molecular flexibility index (Phi) is 5.10. The molecule has 2 N–H and O–H groups in total. The second kappa shape index (κ2) is 7.85. The van der Waals surface area contributed by atoms with Gasteiger partial charge in [-0.1, -0.05) is 24.3 Å². The number of rotatable bonds is 5. The molecule has 29 heavy (non-hydrogen) atoms. The third-order valence-corrected chi connectivity index (χ3v) is 5.84. The first kappa shape index (κ1) is 18.8. The Morgan fingerprint density at radius 2 is 1.72 bits per heavy atom. The maximum Gasteiger partial charge on any atom is 0.339 e. The first-order valence-electron chi connectivity index (χ1n) is 9.03. The van der Waals surface area contributed by atoms with Gasteiger partial charge in [0.2, 0.25) is 0 Å². The van der Waals surface area contributed by atoms with Gasteiger partial charge < -0.3 is 10.2 Å². The molecule has 0 amide bonds. The van der Waals surface area contributed by atoms with Gasteiger partial charge in [0.1, 0.15) is 11.3 Å². The van der Waals surface area contributed by atoms with Crippen molar-refractivity contribution in [3.8, 4) is 27.3 Å². The number of pyridine rings is 1. The number of thiazole rings is 1. The molecule has 2 aromatic carbocycles. The van der Waals surface area contributed by atoms with Crippen LogP contribution >= 0.6 is 11.3 Å². The highest BCUT2D eigenvalue weighted by molar-refractivity contribution is 7.15. The van der Waals surface area contributed by atoms with E-state index in [4.69, 9.17) is 10.1 Å². The predicted octanol–water partition coefficient (Wildman–Crippen LogP) is 5.18. The number of hydrogen-bond acceptors (Lipinski definition) is 5. The fourth-order valence-corrected chi connectivity index (χ4v) is 4.30. The highest BCUT2D eigenvalue weighted by atomic mass is 32.1. The lowest BCUT2D eigenvalue weighted by Gasteiger charge is -2.07. The molecule has 5 nitrogen and oxygen atoms in total. The van der Waals surface area contributed by atoms with Crippen LogP contribution in [-0.4, -0.2) is 26.2 Å². The van der Waals surface area contributed by atoms with E-state index in [2.05, 4.69) is 4.98 Å². The van der Waals surface area contributed by atoms with Crippen molar-refractivity contribution in [3.05, 3.63) is 88.8 Å². The van der Waals surface area contributed by atoms with E-state index in [0.29, 0.717) is 0 Å². The first-order valence-corrected chi connectivity index (χ1v) is 9.85. The number of carboxylic acid groups (broad SMARTS) is 1. The first-order chi connectivity index (χ1) is 14.0. The number of aromatic hydroxyl groups is 1. The lowest BCUT2D eigenvalue weighted by Crippen LogP contribution is -1.96. The number of benzene rings is 2. The molecule has 0 aliphatic heterocycles. The Morgan fingerprint density at radius 3 is 2.45 bits per heavy atom. The maximum atomic E-state index is 11.1. The van der Waals surface area contributed by atoms with Crippen molar-refractivity contribution in [2.45, 2.75) is 13.3 Å². The summed E-state index contributed by atoms with van der Waals surface area (Å²) in [7, 11) is 0. The summed E-state index contributed by atoms with van der Waals surface area (Å²) in [6, 6.07) is 16.5. The van der Waals surface area contributed by atoms with Gasteiger partial charge in [0.05, 0.1) is 15.6 Å². The van der Waals surface area contributed by atoms with Crippen LogP contribution in [0.15, 0.2) is 67.0 Å². The summed E-state index contributed by atoms with van der Waals surface area (Å²) in [5.74, 6) is -1.39. The van der Waals surface area contributed by atoms with Crippen molar-refractivity contribution in [1.29, 1.82) is 0 Å². The topological polar surface area (TPSA) is 83.3 Å². The van der Waals surface area contributed by atoms with E-state index in [1.807, 2.05) is 43.3 Å². The van der Waals surface area contributed by atoms with Crippen LogP contribution in [0.4, 0.5) is 0 Å². The molecule has 0 radical (unpaired) electrons. The maximum absolute atomic E-state index is 11.1. The van der Waals surface area contributed by atoms with Crippen LogP contribution in [0.2, 0.25) is 0 Å². The minimum absolute atomic E-state index is 0.107. The van der Waals surface area contributed by atoms with Gasteiger partial charge in [-0.15, -0.1) is 11.3 Å². The Bertz CT molecular complexity index is 1190. The molecule has 0 saturated heterocycles. The molecule has 0 spiro atoms. The summed E-state index contributed by atoms with van der Waals surface area (Å²) in [5, 5.41) is 20.1. The molecule has 2 aromatic heterocycles. The molecule has 0 atom stereocenters. The van der Waals surface area contributed by atoms with Crippen molar-refractivity contribution < 1.29 is 15.0 Å². The molecule has 6 heteroatoms. The molecular weight excluding hydrogens is 384 g/mol. The minimum atomic E-state index is -1.15. The normalized spacial score (nSPS) is 10.8. The Balaban J connectivity index is 1.66. The SMILES string of the molecule is Cc1nc(Cc2ccncc2)sc1-c1cccc(-c2ccc(C(=O)O)c(O)c2)c1. The van der Waals surface area contributed by atoms with E-state index in [1.165, 1.54) is 17.7 Å². The number of aromatic nitrogens is 2. The smallest absolute Gasteiger partial charge is 0.339 e. The third-order valence-electron chi connectivity index (χ3n) is 4.63. The molecule has 0 unspecified atom stereocenters. The second-order valence-electron chi connectivity index (χ2n) is 6.67. The van der Waals surface area contributed by atoms with Gasteiger partial charge in [-0.05, 0) is 59.5 Å². The number of aromatic carboxylic acids is 1. The number of nitrogens with zero attached hydrogens (tertiary/aromatic N) is 2. The summed E-state index contributed by atoms with van der Waals surface area (Å²) in [6.07, 6.45) is 4.33. The number of carbonyl (C=O) groups is 1. The van der Waals surface area contributed by atoms with E-state index < -0.39 is 5.97 Å². The molecule has 0 fully saturated rings. The van der Waals surface area contributed by atoms with E-state index in [-0.39, 0.29) is 11.3 Å². The van der Waals surface area contributed by atoms with Gasteiger partial charge >= 0.3 is 5.97 Å². The number of aryl methyl sites for hydroxylation is 1. The summed E-state index contributed by atoms with van der Waals surface area (Å²) in [6.45, 7) is 2.00. The van der Waals surface area contributed by atoms with Crippen molar-refractivity contribution in [3.63, 3.8) is 0 Å². The van der Waals surface area contributed by atoms with Crippen LogP contribution in [0.25, 0.3) is 21.6 Å². The Hall–Kier alpha value is -3.51. The summed E-state index contributed by atoms with van der Waals surface area (Å²) in [5.41, 5.74) is 4.74. The molecule has 0 aliphatic rings. The Labute approximate surface area is 172 Å². The van der Waals surface area contributed by atoms with E-state index in [0.717, 1.165) is 38.7 Å². The average Bonchev–Trinajstić information content (AvgIpc) is 3.08. The predicted molar refractivity (Wildman–Crippen MR) is 113 cm³/mol. The summed E-state index contributed by atoms with van der Waals surface area (Å²) in [4.78, 5) is 21.0. The highest BCUT2D eigenvalue weighted by Crippen LogP contribution is 2.34. The van der Waals surface area contributed by atoms with E-state index in [1.54, 1.807) is 29.8 Å². The monoisotopic (exact) mass is 402 g/mol. The number of hydrogen-bond donors (Lipinski definition) is 2. The van der Waals surface area contributed by atoms with Crippen molar-refractivity contribution in [1.82, 2.24) is 9.97 Å². The third kappa shape index (κ3) is 4.02. The largest absolute Gasteiger partial charge is 0.507 e. The van der Waals surface area contributed by atoms with Crippen LogP contribution < -0.4 is 0 Å². The van der Waals surface area contributed by atoms with Gasteiger partial charge in [0, 0.05) is 18.8 Å². The van der Waals surface area contributed by atoms with Gasteiger partial charge in [0.25, 0.3) is 0 Å².